The maximum absolute atomic E-state index is 12.3. The Morgan fingerprint density at radius 1 is 1.30 bits per heavy atom. The van der Waals surface area contributed by atoms with Crippen molar-refractivity contribution in [1.82, 2.24) is 9.80 Å². The average Bonchev–Trinajstić information content (AvgIpc) is 2.42. The third kappa shape index (κ3) is 3.64. The summed E-state index contributed by atoms with van der Waals surface area (Å²) in [5.41, 5.74) is 0.940. The van der Waals surface area contributed by atoms with Gasteiger partial charge in [0, 0.05) is 31.2 Å². The molecule has 1 fully saturated rings. The predicted octanol–water partition coefficient (Wildman–Crippen LogP) is 2.19. The van der Waals surface area contributed by atoms with Crippen molar-refractivity contribution in [3.05, 3.63) is 28.8 Å². The Morgan fingerprint density at radius 3 is 2.55 bits per heavy atom. The molecule has 1 aliphatic rings. The van der Waals surface area contributed by atoms with Crippen LogP contribution in [0.3, 0.4) is 0 Å². The van der Waals surface area contributed by atoms with Gasteiger partial charge in [0.1, 0.15) is 5.75 Å². The standard InChI is InChI=1S/C15H21ClN2O2/c1-11-10-13(16)4-5-14(11)20-12(2)15(19)18-8-6-17(3)7-9-18/h4-5,10,12H,6-9H2,1-3H3/t12-/m1/s1. The highest BCUT2D eigenvalue weighted by atomic mass is 35.5. The topological polar surface area (TPSA) is 32.8 Å². The number of amides is 1. The van der Waals surface area contributed by atoms with Gasteiger partial charge in [-0.15, -0.1) is 0 Å². The Kier molecular flexibility index (Phi) is 4.89. The molecule has 20 heavy (non-hydrogen) atoms. The molecule has 110 valence electrons. The molecule has 1 atom stereocenters. The maximum atomic E-state index is 12.3. The van der Waals surface area contributed by atoms with Crippen LogP contribution in [0.2, 0.25) is 5.02 Å². The minimum atomic E-state index is -0.474. The molecule has 0 unspecified atom stereocenters. The average molecular weight is 297 g/mol. The van der Waals surface area contributed by atoms with Gasteiger partial charge in [-0.05, 0) is 44.7 Å². The second kappa shape index (κ2) is 6.46. The summed E-state index contributed by atoms with van der Waals surface area (Å²) in [6, 6.07) is 5.42. The van der Waals surface area contributed by atoms with E-state index in [1.54, 1.807) is 13.0 Å². The normalized spacial score (nSPS) is 17.9. The lowest BCUT2D eigenvalue weighted by atomic mass is 10.2. The molecule has 5 heteroatoms. The number of carbonyl (C=O) groups excluding carboxylic acids is 1. The molecule has 0 aromatic heterocycles. The SMILES string of the molecule is Cc1cc(Cl)ccc1O[C@H](C)C(=O)N1CCN(C)CC1. The summed E-state index contributed by atoms with van der Waals surface area (Å²) in [6.07, 6.45) is -0.474. The van der Waals surface area contributed by atoms with Crippen LogP contribution < -0.4 is 4.74 Å². The van der Waals surface area contributed by atoms with Gasteiger partial charge in [0.25, 0.3) is 5.91 Å². The first kappa shape index (κ1) is 15.1. The fourth-order valence-corrected chi connectivity index (χ4v) is 2.50. The predicted molar refractivity (Wildman–Crippen MR) is 80.4 cm³/mol. The first-order valence-electron chi connectivity index (χ1n) is 6.87. The number of likely N-dealkylation sites (N-methyl/N-ethyl adjacent to an activating group) is 1. The largest absolute Gasteiger partial charge is 0.481 e. The number of benzene rings is 1. The highest BCUT2D eigenvalue weighted by Gasteiger charge is 2.25. The molecule has 1 amide bonds. The van der Waals surface area contributed by atoms with Gasteiger partial charge < -0.3 is 14.5 Å². The molecular formula is C15H21ClN2O2. The molecule has 0 spiro atoms. The maximum Gasteiger partial charge on any atom is 0.263 e. The molecule has 0 N–H and O–H groups in total. The fraction of sp³-hybridized carbons (Fsp3) is 0.533. The minimum absolute atomic E-state index is 0.0486. The lowest BCUT2D eigenvalue weighted by Crippen LogP contribution is -2.50. The van der Waals surface area contributed by atoms with E-state index in [1.807, 2.05) is 24.0 Å². The zero-order valence-electron chi connectivity index (χ0n) is 12.2. The van der Waals surface area contributed by atoms with Crippen molar-refractivity contribution in [2.75, 3.05) is 33.2 Å². The number of hydrogen-bond donors (Lipinski definition) is 0. The quantitative estimate of drug-likeness (QED) is 0.857. The second-order valence-corrected chi connectivity index (χ2v) is 5.73. The zero-order valence-corrected chi connectivity index (χ0v) is 13.0. The van der Waals surface area contributed by atoms with Crippen molar-refractivity contribution in [2.24, 2.45) is 0 Å². The summed E-state index contributed by atoms with van der Waals surface area (Å²) >= 11 is 5.92. The zero-order chi connectivity index (χ0) is 14.7. The molecule has 1 aliphatic heterocycles. The molecule has 0 radical (unpaired) electrons. The summed E-state index contributed by atoms with van der Waals surface area (Å²) in [5.74, 6) is 0.761. The molecular weight excluding hydrogens is 276 g/mol. The van der Waals surface area contributed by atoms with Gasteiger partial charge >= 0.3 is 0 Å². The van der Waals surface area contributed by atoms with Crippen molar-refractivity contribution >= 4 is 17.5 Å². The van der Waals surface area contributed by atoms with Crippen molar-refractivity contribution in [1.29, 1.82) is 0 Å². The molecule has 1 aromatic rings. The van der Waals surface area contributed by atoms with Crippen LogP contribution >= 0.6 is 11.6 Å². The van der Waals surface area contributed by atoms with E-state index in [4.69, 9.17) is 16.3 Å². The first-order valence-corrected chi connectivity index (χ1v) is 7.25. The van der Waals surface area contributed by atoms with Crippen LogP contribution in [0.1, 0.15) is 12.5 Å². The Hall–Kier alpha value is -1.26. The lowest BCUT2D eigenvalue weighted by molar-refractivity contribution is -0.139. The van der Waals surface area contributed by atoms with Gasteiger partial charge in [-0.25, -0.2) is 0 Å². The van der Waals surface area contributed by atoms with Gasteiger partial charge in [0.2, 0.25) is 0 Å². The van der Waals surface area contributed by atoms with Gasteiger partial charge in [-0.1, -0.05) is 11.6 Å². The Labute approximate surface area is 125 Å². The third-order valence-corrected chi connectivity index (χ3v) is 3.84. The van der Waals surface area contributed by atoms with E-state index in [9.17, 15) is 4.79 Å². The molecule has 0 aliphatic carbocycles. The number of carbonyl (C=O) groups is 1. The van der Waals surface area contributed by atoms with E-state index in [-0.39, 0.29) is 5.91 Å². The molecule has 1 aromatic carbocycles. The van der Waals surface area contributed by atoms with Crippen LogP contribution in [0, 0.1) is 6.92 Å². The second-order valence-electron chi connectivity index (χ2n) is 5.30. The number of nitrogens with zero attached hydrogens (tertiary/aromatic N) is 2. The highest BCUT2D eigenvalue weighted by Crippen LogP contribution is 2.23. The third-order valence-electron chi connectivity index (χ3n) is 3.60. The van der Waals surface area contributed by atoms with Gasteiger partial charge in [-0.3, -0.25) is 4.79 Å². The number of rotatable bonds is 3. The molecule has 0 bridgehead atoms. The van der Waals surface area contributed by atoms with Gasteiger partial charge in [0.15, 0.2) is 6.10 Å². The summed E-state index contributed by atoms with van der Waals surface area (Å²) in [4.78, 5) is 16.4. The Balaban J connectivity index is 1.97. The van der Waals surface area contributed by atoms with Gasteiger partial charge in [0.05, 0.1) is 0 Å². The Bertz CT molecular complexity index is 485. The summed E-state index contributed by atoms with van der Waals surface area (Å²) in [5, 5.41) is 0.674. The van der Waals surface area contributed by atoms with Crippen molar-refractivity contribution in [3.63, 3.8) is 0 Å². The van der Waals surface area contributed by atoms with Crippen molar-refractivity contribution in [3.8, 4) is 5.75 Å². The van der Waals surface area contributed by atoms with E-state index in [1.165, 1.54) is 0 Å². The lowest BCUT2D eigenvalue weighted by Gasteiger charge is -2.34. The fourth-order valence-electron chi connectivity index (χ4n) is 2.27. The van der Waals surface area contributed by atoms with Crippen LogP contribution in [-0.2, 0) is 4.79 Å². The van der Waals surface area contributed by atoms with E-state index >= 15 is 0 Å². The summed E-state index contributed by atoms with van der Waals surface area (Å²) in [6.45, 7) is 7.09. The van der Waals surface area contributed by atoms with Crippen LogP contribution in [0.4, 0.5) is 0 Å². The van der Waals surface area contributed by atoms with Crippen LogP contribution in [0.15, 0.2) is 18.2 Å². The summed E-state index contributed by atoms with van der Waals surface area (Å²) in [7, 11) is 2.07. The number of aryl methyl sites for hydroxylation is 1. The highest BCUT2D eigenvalue weighted by molar-refractivity contribution is 6.30. The number of halogens is 1. The molecule has 4 nitrogen and oxygen atoms in total. The number of ether oxygens (including phenoxy) is 1. The molecule has 1 saturated heterocycles. The van der Waals surface area contributed by atoms with Crippen LogP contribution in [-0.4, -0.2) is 55.0 Å². The smallest absolute Gasteiger partial charge is 0.263 e. The van der Waals surface area contributed by atoms with Crippen LogP contribution in [0.25, 0.3) is 0 Å². The monoisotopic (exact) mass is 296 g/mol. The Morgan fingerprint density at radius 2 is 1.95 bits per heavy atom. The minimum Gasteiger partial charge on any atom is -0.481 e. The van der Waals surface area contributed by atoms with E-state index in [0.717, 1.165) is 31.7 Å². The van der Waals surface area contributed by atoms with Crippen molar-refractivity contribution < 1.29 is 9.53 Å². The van der Waals surface area contributed by atoms with E-state index < -0.39 is 6.10 Å². The molecule has 0 saturated carbocycles. The van der Waals surface area contributed by atoms with Crippen LogP contribution in [0.5, 0.6) is 5.75 Å². The number of hydrogen-bond acceptors (Lipinski definition) is 3. The van der Waals surface area contributed by atoms with Crippen molar-refractivity contribution in [2.45, 2.75) is 20.0 Å². The molecule has 2 rings (SSSR count). The first-order chi connectivity index (χ1) is 9.47. The van der Waals surface area contributed by atoms with E-state index in [2.05, 4.69) is 11.9 Å². The number of piperazine rings is 1. The molecule has 1 heterocycles. The van der Waals surface area contributed by atoms with E-state index in [0.29, 0.717) is 10.8 Å². The summed E-state index contributed by atoms with van der Waals surface area (Å²) < 4.78 is 5.78. The van der Waals surface area contributed by atoms with Gasteiger partial charge in [-0.2, -0.15) is 0 Å².